The van der Waals surface area contributed by atoms with Gasteiger partial charge >= 0.3 is 6.18 Å². The number of nitrogens with zero attached hydrogens (tertiary/aromatic N) is 3. The lowest BCUT2D eigenvalue weighted by Gasteiger charge is -2.23. The van der Waals surface area contributed by atoms with Crippen molar-refractivity contribution in [1.29, 1.82) is 5.26 Å². The number of rotatable bonds is 7. The summed E-state index contributed by atoms with van der Waals surface area (Å²) in [5, 5.41) is 12.5. The van der Waals surface area contributed by atoms with Crippen LogP contribution >= 0.6 is 11.3 Å². The molecular weight excluding hydrogens is 515 g/mol. The molecule has 0 atom stereocenters. The summed E-state index contributed by atoms with van der Waals surface area (Å²) in [6, 6.07) is 6.72. The minimum absolute atomic E-state index is 0.0892. The van der Waals surface area contributed by atoms with Gasteiger partial charge in [-0.3, -0.25) is 14.5 Å². The number of halogens is 3. The van der Waals surface area contributed by atoms with Crippen LogP contribution in [0.4, 0.5) is 24.0 Å². The molecule has 1 amide bonds. The number of alkyl halides is 3. The number of carbonyl (C=O) groups is 1. The van der Waals surface area contributed by atoms with Crippen LogP contribution in [-0.2, 0) is 26.4 Å². The zero-order valence-corrected chi connectivity index (χ0v) is 20.7. The van der Waals surface area contributed by atoms with E-state index in [1.54, 1.807) is 0 Å². The Kier molecular flexibility index (Phi) is 6.52. The average molecular weight is 536 g/mol. The van der Waals surface area contributed by atoms with Crippen molar-refractivity contribution in [3.05, 3.63) is 58.9 Å². The molecule has 0 saturated heterocycles. The SMILES string of the molecule is CC(C)(C(=O)Nc1ccc(-c2cncc(C#N)c2)cc1C(F)(F)F)c1csc(NS(=O)(=O)C2CC2)n1. The maximum atomic E-state index is 13.9. The number of hydrogen-bond donors (Lipinski definition) is 2. The molecule has 0 unspecified atom stereocenters. The first-order chi connectivity index (χ1) is 16.8. The van der Waals surface area contributed by atoms with E-state index in [0.717, 1.165) is 23.5 Å². The molecule has 8 nitrogen and oxygen atoms in total. The number of benzene rings is 1. The minimum atomic E-state index is -4.78. The highest BCUT2D eigenvalue weighted by molar-refractivity contribution is 7.93. The molecule has 4 rings (SSSR count). The second-order valence-corrected chi connectivity index (χ2v) is 11.6. The van der Waals surface area contributed by atoms with E-state index in [1.807, 2.05) is 6.07 Å². The van der Waals surface area contributed by atoms with Crippen LogP contribution in [0.15, 0.2) is 42.0 Å². The van der Waals surface area contributed by atoms with Crippen molar-refractivity contribution in [1.82, 2.24) is 9.97 Å². The Hall–Kier alpha value is -3.50. The number of anilines is 2. The van der Waals surface area contributed by atoms with E-state index in [-0.39, 0.29) is 22.0 Å². The number of carbonyl (C=O) groups excluding carboxylic acids is 1. The quantitative estimate of drug-likeness (QED) is 0.443. The number of nitriles is 1. The van der Waals surface area contributed by atoms with Gasteiger partial charge in [0.1, 0.15) is 6.07 Å². The zero-order chi connectivity index (χ0) is 26.3. The Balaban J connectivity index is 1.59. The van der Waals surface area contributed by atoms with Crippen LogP contribution in [0.1, 0.15) is 43.5 Å². The largest absolute Gasteiger partial charge is 0.418 e. The maximum Gasteiger partial charge on any atom is 0.418 e. The molecule has 0 aliphatic heterocycles. The van der Waals surface area contributed by atoms with E-state index < -0.39 is 44.0 Å². The number of aromatic nitrogens is 2. The van der Waals surface area contributed by atoms with Crippen molar-refractivity contribution in [2.75, 3.05) is 10.0 Å². The van der Waals surface area contributed by atoms with Crippen LogP contribution in [0.3, 0.4) is 0 Å². The van der Waals surface area contributed by atoms with Gasteiger partial charge in [0, 0.05) is 23.3 Å². The predicted octanol–water partition coefficient (Wildman–Crippen LogP) is 4.92. The van der Waals surface area contributed by atoms with Crippen LogP contribution in [0, 0.1) is 11.3 Å². The van der Waals surface area contributed by atoms with Gasteiger partial charge in [-0.1, -0.05) is 6.07 Å². The topological polar surface area (TPSA) is 125 Å². The minimum Gasteiger partial charge on any atom is -0.325 e. The lowest BCUT2D eigenvalue weighted by atomic mass is 9.88. The zero-order valence-electron chi connectivity index (χ0n) is 19.0. The second-order valence-electron chi connectivity index (χ2n) is 8.80. The monoisotopic (exact) mass is 535 g/mol. The van der Waals surface area contributed by atoms with Crippen LogP contribution < -0.4 is 10.0 Å². The summed E-state index contributed by atoms with van der Waals surface area (Å²) in [7, 11) is -3.54. The van der Waals surface area contributed by atoms with Gasteiger partial charge in [0.25, 0.3) is 0 Å². The van der Waals surface area contributed by atoms with Gasteiger partial charge in [0.2, 0.25) is 15.9 Å². The molecular formula is C23H20F3N5O3S2. The van der Waals surface area contributed by atoms with E-state index >= 15 is 0 Å². The Labute approximate surface area is 209 Å². The van der Waals surface area contributed by atoms with Crippen molar-refractivity contribution in [3.8, 4) is 17.2 Å². The molecule has 1 fully saturated rings. The molecule has 1 aromatic carbocycles. The third kappa shape index (κ3) is 5.34. The number of nitrogens with one attached hydrogen (secondary N) is 2. The van der Waals surface area contributed by atoms with Crippen molar-refractivity contribution < 1.29 is 26.4 Å². The number of sulfonamides is 1. The standard InChI is InChI=1S/C23H20F3N5O3S2/c1-22(2,19-12-35-21(30-19)31-36(33,34)16-4-5-16)20(32)29-18-6-3-14(8-17(18)23(24,25)26)15-7-13(9-27)10-28-11-15/h3,6-8,10-12,16H,4-5H2,1-2H3,(H,29,32)(H,30,31). The molecule has 188 valence electrons. The summed E-state index contributed by atoms with van der Waals surface area (Å²) in [5.74, 6) is -0.754. The number of amides is 1. The number of pyridine rings is 1. The van der Waals surface area contributed by atoms with E-state index in [2.05, 4.69) is 20.0 Å². The van der Waals surface area contributed by atoms with Crippen LogP contribution in [-0.4, -0.2) is 29.5 Å². The number of hydrogen-bond acceptors (Lipinski definition) is 7. The summed E-state index contributed by atoms with van der Waals surface area (Å²) in [6.45, 7) is 2.97. The highest BCUT2D eigenvalue weighted by atomic mass is 32.2. The van der Waals surface area contributed by atoms with Gasteiger partial charge in [-0.2, -0.15) is 18.4 Å². The normalized spacial score (nSPS) is 14.2. The first-order valence-corrected chi connectivity index (χ1v) is 13.1. The van der Waals surface area contributed by atoms with Crippen LogP contribution in [0.2, 0.25) is 0 Å². The Bertz CT molecular complexity index is 1470. The molecule has 36 heavy (non-hydrogen) atoms. The fraction of sp³-hybridized carbons (Fsp3) is 0.304. The molecule has 2 aromatic heterocycles. The maximum absolute atomic E-state index is 13.9. The first-order valence-electron chi connectivity index (χ1n) is 10.7. The van der Waals surface area contributed by atoms with Crippen LogP contribution in [0.25, 0.3) is 11.1 Å². The lowest BCUT2D eigenvalue weighted by Crippen LogP contribution is -2.35. The molecule has 3 aromatic rings. The lowest BCUT2D eigenvalue weighted by molar-refractivity contribution is -0.137. The summed E-state index contributed by atoms with van der Waals surface area (Å²) < 4.78 is 68.4. The third-order valence-corrected chi connectivity index (χ3v) is 8.39. The average Bonchev–Trinajstić information content (AvgIpc) is 3.59. The van der Waals surface area contributed by atoms with E-state index in [1.165, 1.54) is 43.8 Å². The van der Waals surface area contributed by atoms with Crippen molar-refractivity contribution in [3.63, 3.8) is 0 Å². The molecule has 0 radical (unpaired) electrons. The Morgan fingerprint density at radius 3 is 2.53 bits per heavy atom. The molecule has 2 N–H and O–H groups in total. The van der Waals surface area contributed by atoms with Gasteiger partial charge < -0.3 is 5.32 Å². The Morgan fingerprint density at radius 1 is 1.17 bits per heavy atom. The molecule has 1 saturated carbocycles. The molecule has 1 aliphatic carbocycles. The van der Waals surface area contributed by atoms with E-state index in [9.17, 15) is 26.4 Å². The van der Waals surface area contributed by atoms with Gasteiger partial charge in [-0.05, 0) is 50.5 Å². The van der Waals surface area contributed by atoms with Gasteiger partial charge in [0.15, 0.2) is 5.13 Å². The van der Waals surface area contributed by atoms with Crippen molar-refractivity contribution in [2.24, 2.45) is 0 Å². The predicted molar refractivity (Wildman–Crippen MR) is 129 cm³/mol. The van der Waals surface area contributed by atoms with E-state index in [0.29, 0.717) is 18.4 Å². The molecule has 0 bridgehead atoms. The fourth-order valence-electron chi connectivity index (χ4n) is 3.31. The molecule has 0 spiro atoms. The van der Waals surface area contributed by atoms with Crippen LogP contribution in [0.5, 0.6) is 0 Å². The molecule has 2 heterocycles. The van der Waals surface area contributed by atoms with Crippen molar-refractivity contribution in [2.45, 2.75) is 43.5 Å². The number of thiazole rings is 1. The smallest absolute Gasteiger partial charge is 0.325 e. The summed E-state index contributed by atoms with van der Waals surface area (Å²) >= 11 is 0.992. The van der Waals surface area contributed by atoms with Gasteiger partial charge in [-0.15, -0.1) is 11.3 Å². The summed E-state index contributed by atoms with van der Waals surface area (Å²) in [6.07, 6.45) is -0.997. The van der Waals surface area contributed by atoms with Gasteiger partial charge in [-0.25, -0.2) is 13.4 Å². The second kappa shape index (κ2) is 9.18. The first kappa shape index (κ1) is 25.6. The van der Waals surface area contributed by atoms with Crippen molar-refractivity contribution >= 4 is 38.1 Å². The highest BCUT2D eigenvalue weighted by Crippen LogP contribution is 2.39. The summed E-state index contributed by atoms with van der Waals surface area (Å²) in [4.78, 5) is 21.1. The fourth-order valence-corrected chi connectivity index (χ4v) is 5.79. The molecule has 1 aliphatic rings. The molecule has 13 heteroatoms. The summed E-state index contributed by atoms with van der Waals surface area (Å²) in [5.41, 5.74) is -1.98. The van der Waals surface area contributed by atoms with Gasteiger partial charge in [0.05, 0.1) is 33.2 Å². The van der Waals surface area contributed by atoms with E-state index in [4.69, 9.17) is 5.26 Å². The Morgan fingerprint density at radius 2 is 1.89 bits per heavy atom. The highest BCUT2D eigenvalue weighted by Gasteiger charge is 2.39. The third-order valence-electron chi connectivity index (χ3n) is 5.68.